The second kappa shape index (κ2) is 10.3. The minimum atomic E-state index is -0.857. The van der Waals surface area contributed by atoms with Gasteiger partial charge in [-0.3, -0.25) is 19.1 Å². The summed E-state index contributed by atoms with van der Waals surface area (Å²) >= 11 is 0. The standard InChI is InChI=1S/C18H22N5O6P/c24-13-6-16(29-14(13)9-28-30)23-8-11(17(26)22-18(23)27)2-1-5-20-15(25)4-3-12-7-19-10-21-12/h1-4,7-8,10,13-14,16,24H,5-6,9,30H2,(H,19,21)(H,20,25)(H,22,26,27)/b2-1?,4-3+/i30T. The lowest BCUT2D eigenvalue weighted by atomic mass is 10.2. The molecule has 0 bridgehead atoms. The smallest absolute Gasteiger partial charge is 0.330 e. The maximum Gasteiger partial charge on any atom is 0.330 e. The molecule has 0 radical (unpaired) electrons. The quantitative estimate of drug-likeness (QED) is 0.307. The van der Waals surface area contributed by atoms with Crippen LogP contribution in [0.1, 0.15) is 23.9 Å². The van der Waals surface area contributed by atoms with Crippen molar-refractivity contribution >= 4 is 27.5 Å². The predicted octanol–water partition coefficient (Wildman–Crippen LogP) is -0.442. The zero-order valence-corrected chi connectivity index (χ0v) is 16.8. The molecular weight excluding hydrogens is 413 g/mol. The lowest BCUT2D eigenvalue weighted by Crippen LogP contribution is -2.33. The molecule has 3 rings (SSSR count). The minimum Gasteiger partial charge on any atom is -0.390 e. The zero-order chi connectivity index (χ0) is 22.2. The van der Waals surface area contributed by atoms with Gasteiger partial charge in [0, 0.05) is 34.7 Å². The van der Waals surface area contributed by atoms with Crippen molar-refractivity contribution < 1.29 is 19.2 Å². The van der Waals surface area contributed by atoms with Crippen molar-refractivity contribution in [1.82, 2.24) is 24.8 Å². The van der Waals surface area contributed by atoms with E-state index in [1.807, 2.05) is 0 Å². The summed E-state index contributed by atoms with van der Waals surface area (Å²) in [5.41, 5.74) is -0.378. The van der Waals surface area contributed by atoms with Crippen LogP contribution in [0.5, 0.6) is 0 Å². The van der Waals surface area contributed by atoms with Crippen molar-refractivity contribution in [3.63, 3.8) is 0 Å². The van der Waals surface area contributed by atoms with Gasteiger partial charge >= 0.3 is 5.69 Å². The second-order valence-corrected chi connectivity index (χ2v) is 6.77. The van der Waals surface area contributed by atoms with Crippen molar-refractivity contribution in [3.05, 3.63) is 63.0 Å². The first-order valence-corrected chi connectivity index (χ1v) is 9.47. The van der Waals surface area contributed by atoms with Crippen molar-refractivity contribution in [2.45, 2.75) is 24.9 Å². The molecule has 2 aromatic rings. The molecule has 11 nitrogen and oxygen atoms in total. The van der Waals surface area contributed by atoms with Crippen LogP contribution in [0.3, 0.4) is 0 Å². The highest BCUT2D eigenvalue weighted by Crippen LogP contribution is 2.28. The van der Waals surface area contributed by atoms with E-state index < -0.39 is 39.1 Å². The minimum absolute atomic E-state index is 0.0407. The number of rotatable bonds is 9. The van der Waals surface area contributed by atoms with Gasteiger partial charge in [0.05, 0.1) is 37.8 Å². The predicted molar refractivity (Wildman–Crippen MR) is 111 cm³/mol. The third-order valence-electron chi connectivity index (χ3n) is 4.38. The Hall–Kier alpha value is -2.85. The molecule has 0 aliphatic carbocycles. The molecule has 4 atom stereocenters. The lowest BCUT2D eigenvalue weighted by Gasteiger charge is -2.15. The number of amides is 1. The number of nitrogens with one attached hydrogen (secondary N) is 3. The second-order valence-electron chi connectivity index (χ2n) is 6.48. The Morgan fingerprint density at radius 3 is 3.17 bits per heavy atom. The number of H-pyrrole nitrogens is 2. The molecule has 1 fully saturated rings. The highest BCUT2D eigenvalue weighted by Gasteiger charge is 2.35. The maximum absolute atomic E-state index is 12.2. The van der Waals surface area contributed by atoms with Gasteiger partial charge in [0.15, 0.2) is 0 Å². The van der Waals surface area contributed by atoms with E-state index in [1.165, 1.54) is 29.2 Å². The first-order valence-electron chi connectivity index (χ1n) is 9.56. The zero-order valence-electron chi connectivity index (χ0n) is 16.8. The van der Waals surface area contributed by atoms with Crippen LogP contribution < -0.4 is 16.6 Å². The number of aromatic nitrogens is 4. The molecule has 160 valence electrons. The van der Waals surface area contributed by atoms with E-state index in [0.717, 1.165) is 0 Å². The van der Waals surface area contributed by atoms with Crippen LogP contribution in [0.25, 0.3) is 12.2 Å². The Labute approximate surface area is 174 Å². The van der Waals surface area contributed by atoms with Gasteiger partial charge in [-0.05, 0) is 6.08 Å². The number of hydrogen-bond acceptors (Lipinski definition) is 7. The monoisotopic (exact) mass is 437 g/mol. The van der Waals surface area contributed by atoms with Crippen molar-refractivity contribution in [3.8, 4) is 0 Å². The van der Waals surface area contributed by atoms with Crippen LogP contribution in [0.15, 0.2) is 40.5 Å². The van der Waals surface area contributed by atoms with Crippen molar-refractivity contribution in [2.24, 2.45) is 0 Å². The Bertz CT molecular complexity index is 1050. The molecule has 0 aromatic carbocycles. The maximum atomic E-state index is 12.2. The first-order chi connectivity index (χ1) is 15.0. The fourth-order valence-electron chi connectivity index (χ4n) is 2.88. The molecule has 1 saturated heterocycles. The van der Waals surface area contributed by atoms with E-state index in [0.29, 0.717) is 5.69 Å². The summed E-state index contributed by atoms with van der Waals surface area (Å²) in [6.45, 7) is 0.204. The number of carbonyl (C=O) groups excluding carboxylic acids is 1. The Kier molecular flexibility index (Phi) is 6.99. The van der Waals surface area contributed by atoms with Crippen molar-refractivity contribution in [1.29, 1.82) is 1.28 Å². The Morgan fingerprint density at radius 1 is 1.53 bits per heavy atom. The van der Waals surface area contributed by atoms with Gasteiger partial charge in [0.1, 0.15) is 12.3 Å². The number of hydrogen-bond donors (Lipinski definition) is 4. The summed E-state index contributed by atoms with van der Waals surface area (Å²) in [4.78, 5) is 44.9. The average molecular weight is 437 g/mol. The number of aliphatic hydroxyl groups is 1. The number of aliphatic hydroxyl groups excluding tert-OH is 1. The summed E-state index contributed by atoms with van der Waals surface area (Å²) in [7, 11) is -0.487. The molecule has 30 heavy (non-hydrogen) atoms. The molecule has 1 aliphatic rings. The highest BCUT2D eigenvalue weighted by molar-refractivity contribution is 7.09. The summed E-state index contributed by atoms with van der Waals surface area (Å²) in [6.07, 6.45) is 8.22. The summed E-state index contributed by atoms with van der Waals surface area (Å²) in [5.74, 6) is -0.326. The molecule has 0 spiro atoms. The number of imidazole rings is 1. The topological polar surface area (TPSA) is 151 Å². The van der Waals surface area contributed by atoms with Crippen LogP contribution in [-0.4, -0.2) is 57.2 Å². The third kappa shape index (κ3) is 5.61. The molecular formula is C18H22N5O6P. The molecule has 2 aromatic heterocycles. The van der Waals surface area contributed by atoms with Gasteiger partial charge in [0.2, 0.25) is 5.91 Å². The molecule has 4 N–H and O–H groups in total. The number of nitrogens with zero attached hydrogens (tertiary/aromatic N) is 2. The number of aromatic amines is 2. The van der Waals surface area contributed by atoms with Crippen LogP contribution in [0, 0.1) is 0 Å². The molecule has 12 heteroatoms. The number of ether oxygens (including phenoxy) is 1. The fourth-order valence-corrected chi connectivity index (χ4v) is 3.04. The lowest BCUT2D eigenvalue weighted by molar-refractivity contribution is -0.116. The normalized spacial score (nSPS) is 22.4. The Morgan fingerprint density at radius 2 is 2.40 bits per heavy atom. The third-order valence-corrected chi connectivity index (χ3v) is 4.55. The van der Waals surface area contributed by atoms with E-state index in [4.69, 9.17) is 10.5 Å². The first kappa shape index (κ1) is 20.4. The van der Waals surface area contributed by atoms with Crippen LogP contribution in [0.4, 0.5) is 0 Å². The molecule has 0 saturated carbocycles. The van der Waals surface area contributed by atoms with Gasteiger partial charge in [-0.15, -0.1) is 0 Å². The van der Waals surface area contributed by atoms with Gasteiger partial charge < -0.3 is 24.7 Å². The van der Waals surface area contributed by atoms with E-state index in [9.17, 15) is 19.5 Å². The van der Waals surface area contributed by atoms with E-state index in [1.54, 1.807) is 18.3 Å². The van der Waals surface area contributed by atoms with E-state index >= 15 is 0 Å². The SMILES string of the molecule is [3H]POCC1OC(n2cc(C=CCNC(=O)/C=C/c3cnc[nH]3)c(=O)[nH]c2=O)CC1O. The van der Waals surface area contributed by atoms with E-state index in [-0.39, 0.29) is 31.0 Å². The van der Waals surface area contributed by atoms with Gasteiger partial charge in [-0.25, -0.2) is 9.78 Å². The van der Waals surface area contributed by atoms with Gasteiger partial charge in [-0.1, -0.05) is 12.2 Å². The summed E-state index contributed by atoms with van der Waals surface area (Å²) in [5, 5.41) is 12.7. The average Bonchev–Trinajstić information content (AvgIpc) is 3.39. The summed E-state index contributed by atoms with van der Waals surface area (Å²) < 4.78 is 18.8. The van der Waals surface area contributed by atoms with Gasteiger partial charge in [-0.2, -0.15) is 0 Å². The van der Waals surface area contributed by atoms with Gasteiger partial charge in [0.25, 0.3) is 5.56 Å². The largest absolute Gasteiger partial charge is 0.390 e. The van der Waals surface area contributed by atoms with Crippen LogP contribution >= 0.6 is 9.41 Å². The molecule has 1 aliphatic heterocycles. The fraction of sp³-hybridized carbons (Fsp3) is 0.333. The summed E-state index contributed by atoms with van der Waals surface area (Å²) in [6, 6.07) is 0. The van der Waals surface area contributed by atoms with Crippen LogP contribution in [-0.2, 0) is 14.1 Å². The number of carbonyl (C=O) groups is 1. The Balaban J connectivity index is 1.61. The van der Waals surface area contributed by atoms with Crippen LogP contribution in [0.2, 0.25) is 0 Å². The van der Waals surface area contributed by atoms with Crippen molar-refractivity contribution in [2.75, 3.05) is 13.2 Å². The van der Waals surface area contributed by atoms with E-state index in [2.05, 4.69) is 20.3 Å². The molecule has 1 amide bonds. The molecule has 3 heterocycles. The highest BCUT2D eigenvalue weighted by atomic mass is 31.0. The molecule has 4 unspecified atom stereocenters.